The fourth-order valence-electron chi connectivity index (χ4n) is 1.03. The first-order valence-electron chi connectivity index (χ1n) is 4.74. The van der Waals surface area contributed by atoms with Crippen molar-refractivity contribution in [3.8, 4) is 0 Å². The van der Waals surface area contributed by atoms with E-state index < -0.39 is 7.60 Å². The van der Waals surface area contributed by atoms with E-state index in [1.54, 1.807) is 0 Å². The van der Waals surface area contributed by atoms with Crippen LogP contribution in [0.2, 0.25) is 0 Å². The van der Waals surface area contributed by atoms with Crippen LogP contribution < -0.4 is 0 Å². The van der Waals surface area contributed by atoms with Gasteiger partial charge in [-0.1, -0.05) is 30.3 Å². The lowest BCUT2D eigenvalue weighted by Gasteiger charge is -2.07. The molecule has 1 aromatic rings. The summed E-state index contributed by atoms with van der Waals surface area (Å²) in [6, 6.07) is 9.68. The highest BCUT2D eigenvalue weighted by Gasteiger charge is 2.15. The summed E-state index contributed by atoms with van der Waals surface area (Å²) in [5, 5.41) is 0. The Balaban J connectivity index is 2.41. The second kappa shape index (κ2) is 6.48. The fourth-order valence-corrected chi connectivity index (χ4v) is 1.66. The third kappa shape index (κ3) is 4.19. The van der Waals surface area contributed by atoms with E-state index in [0.717, 1.165) is 5.56 Å². The summed E-state index contributed by atoms with van der Waals surface area (Å²) in [7, 11) is -0.458. The summed E-state index contributed by atoms with van der Waals surface area (Å²) < 4.78 is 26.2. The van der Waals surface area contributed by atoms with E-state index in [1.165, 1.54) is 26.3 Å². The molecule has 0 saturated carbocycles. The molecule has 0 bridgehead atoms. The molecule has 0 aromatic heterocycles. The highest BCUT2D eigenvalue weighted by molar-refractivity contribution is 7.57. The van der Waals surface area contributed by atoms with Crippen LogP contribution in [-0.2, 0) is 25.0 Å². The summed E-state index contributed by atoms with van der Waals surface area (Å²) >= 11 is 0. The van der Waals surface area contributed by atoms with Crippen LogP contribution in [0, 0.1) is 0 Å². The third-order valence-electron chi connectivity index (χ3n) is 1.94. The highest BCUT2D eigenvalue weighted by atomic mass is 31.2. The van der Waals surface area contributed by atoms with Crippen LogP contribution in [-0.4, -0.2) is 14.2 Å². The standard InChI is InChI=1S/C11H15O4P/c1-13-16(12,14-2)9-8-15-10-11-6-4-3-5-7-11/h3-9H,10H2,1-2H3/b9-8+. The lowest BCUT2D eigenvalue weighted by molar-refractivity contribution is 0.234. The van der Waals surface area contributed by atoms with Crippen LogP contribution >= 0.6 is 7.60 Å². The molecule has 0 aliphatic carbocycles. The minimum absolute atomic E-state index is 0.421. The van der Waals surface area contributed by atoms with Gasteiger partial charge in [0.15, 0.2) is 0 Å². The van der Waals surface area contributed by atoms with E-state index in [0.29, 0.717) is 6.61 Å². The SMILES string of the molecule is COP(=O)(/C=C/OCc1ccccc1)OC. The Hall–Kier alpha value is -1.09. The van der Waals surface area contributed by atoms with Crippen molar-refractivity contribution in [2.45, 2.75) is 6.61 Å². The van der Waals surface area contributed by atoms with Gasteiger partial charge >= 0.3 is 7.60 Å². The van der Waals surface area contributed by atoms with Gasteiger partial charge in [0.1, 0.15) is 6.61 Å². The zero-order valence-corrected chi connectivity index (χ0v) is 10.2. The van der Waals surface area contributed by atoms with Crippen LogP contribution in [0.5, 0.6) is 0 Å². The molecule has 0 radical (unpaired) electrons. The molecule has 0 spiro atoms. The quantitative estimate of drug-likeness (QED) is 0.567. The first-order chi connectivity index (χ1) is 7.70. The number of benzene rings is 1. The summed E-state index contributed by atoms with van der Waals surface area (Å²) in [5.74, 6) is 1.29. The number of hydrogen-bond acceptors (Lipinski definition) is 4. The van der Waals surface area contributed by atoms with Gasteiger partial charge in [-0.2, -0.15) is 0 Å². The predicted octanol–water partition coefficient (Wildman–Crippen LogP) is 3.16. The van der Waals surface area contributed by atoms with Gasteiger partial charge in [-0.05, 0) is 5.56 Å². The Kier molecular flexibility index (Phi) is 5.26. The average Bonchev–Trinajstić information content (AvgIpc) is 2.36. The van der Waals surface area contributed by atoms with Gasteiger partial charge in [0.25, 0.3) is 0 Å². The molecule has 0 unspecified atom stereocenters. The molecular formula is C11H15O4P. The summed E-state index contributed by atoms with van der Waals surface area (Å²) in [5.41, 5.74) is 1.04. The molecule has 0 aliphatic heterocycles. The van der Waals surface area contributed by atoms with Gasteiger partial charge < -0.3 is 13.8 Å². The molecule has 0 fully saturated rings. The molecule has 16 heavy (non-hydrogen) atoms. The van der Waals surface area contributed by atoms with E-state index >= 15 is 0 Å². The smallest absolute Gasteiger partial charge is 0.356 e. The van der Waals surface area contributed by atoms with E-state index in [-0.39, 0.29) is 0 Å². The zero-order chi connectivity index (χ0) is 11.9. The summed E-state index contributed by atoms with van der Waals surface area (Å²) in [4.78, 5) is 0. The van der Waals surface area contributed by atoms with E-state index in [1.807, 2.05) is 30.3 Å². The Bertz CT molecular complexity index is 367. The van der Waals surface area contributed by atoms with Crippen molar-refractivity contribution in [1.29, 1.82) is 0 Å². The van der Waals surface area contributed by atoms with Gasteiger partial charge in [0.2, 0.25) is 0 Å². The minimum atomic E-state index is -3.11. The molecule has 4 nitrogen and oxygen atoms in total. The second-order valence-electron chi connectivity index (χ2n) is 2.99. The second-order valence-corrected chi connectivity index (χ2v) is 5.09. The molecule has 0 amide bonds. The van der Waals surface area contributed by atoms with Crippen molar-refractivity contribution >= 4 is 7.60 Å². The Morgan fingerprint density at radius 2 is 1.81 bits per heavy atom. The lowest BCUT2D eigenvalue weighted by atomic mass is 10.2. The Labute approximate surface area is 95.4 Å². The maximum atomic E-state index is 11.6. The van der Waals surface area contributed by atoms with Crippen LogP contribution in [0.1, 0.15) is 5.56 Å². The molecule has 0 atom stereocenters. The van der Waals surface area contributed by atoms with Gasteiger partial charge in [0.05, 0.1) is 12.1 Å². The molecule has 1 aromatic carbocycles. The van der Waals surface area contributed by atoms with Crippen LogP contribution in [0.25, 0.3) is 0 Å². The topological polar surface area (TPSA) is 44.8 Å². The van der Waals surface area contributed by atoms with Gasteiger partial charge in [-0.15, -0.1) is 0 Å². The maximum absolute atomic E-state index is 11.6. The highest BCUT2D eigenvalue weighted by Crippen LogP contribution is 2.47. The van der Waals surface area contributed by atoms with E-state index in [9.17, 15) is 4.57 Å². The Morgan fingerprint density at radius 3 is 2.38 bits per heavy atom. The normalized spacial score (nSPS) is 11.9. The largest absolute Gasteiger partial charge is 0.496 e. The molecule has 88 valence electrons. The van der Waals surface area contributed by atoms with Gasteiger partial charge in [0, 0.05) is 14.2 Å². The van der Waals surface area contributed by atoms with Crippen molar-refractivity contribution < 1.29 is 18.3 Å². The molecule has 5 heteroatoms. The average molecular weight is 242 g/mol. The number of ether oxygens (including phenoxy) is 1. The summed E-state index contributed by atoms with van der Waals surface area (Å²) in [6.45, 7) is 0.421. The molecule has 0 aliphatic rings. The Morgan fingerprint density at radius 1 is 1.19 bits per heavy atom. The molecule has 0 heterocycles. The third-order valence-corrected chi connectivity index (χ3v) is 3.45. The molecule has 0 N–H and O–H groups in total. The van der Waals surface area contributed by atoms with Crippen LogP contribution in [0.3, 0.4) is 0 Å². The first-order valence-corrected chi connectivity index (χ1v) is 6.36. The summed E-state index contributed by atoms with van der Waals surface area (Å²) in [6.07, 6.45) is 1.33. The molecular weight excluding hydrogens is 227 g/mol. The van der Waals surface area contributed by atoms with Gasteiger partial charge in [-0.25, -0.2) is 0 Å². The number of hydrogen-bond donors (Lipinski definition) is 0. The monoisotopic (exact) mass is 242 g/mol. The minimum Gasteiger partial charge on any atom is -0.496 e. The van der Waals surface area contributed by atoms with E-state index in [4.69, 9.17) is 13.8 Å². The van der Waals surface area contributed by atoms with Crippen LogP contribution in [0.4, 0.5) is 0 Å². The maximum Gasteiger partial charge on any atom is 0.356 e. The van der Waals surface area contributed by atoms with Crippen molar-refractivity contribution in [1.82, 2.24) is 0 Å². The van der Waals surface area contributed by atoms with Crippen LogP contribution in [0.15, 0.2) is 42.4 Å². The van der Waals surface area contributed by atoms with Crippen molar-refractivity contribution in [2.24, 2.45) is 0 Å². The van der Waals surface area contributed by atoms with Crippen molar-refractivity contribution in [3.05, 3.63) is 48.0 Å². The van der Waals surface area contributed by atoms with E-state index in [2.05, 4.69) is 0 Å². The van der Waals surface area contributed by atoms with Gasteiger partial charge in [-0.3, -0.25) is 4.57 Å². The molecule has 1 rings (SSSR count). The lowest BCUT2D eigenvalue weighted by Crippen LogP contribution is -1.87. The van der Waals surface area contributed by atoms with Crippen molar-refractivity contribution in [3.63, 3.8) is 0 Å². The molecule has 0 saturated heterocycles. The fraction of sp³-hybridized carbons (Fsp3) is 0.273. The zero-order valence-electron chi connectivity index (χ0n) is 9.33. The predicted molar refractivity (Wildman–Crippen MR) is 62.0 cm³/mol. The first kappa shape index (κ1) is 13.0. The van der Waals surface area contributed by atoms with Crippen molar-refractivity contribution in [2.75, 3.05) is 14.2 Å². The number of rotatable bonds is 6.